The van der Waals surface area contributed by atoms with Gasteiger partial charge in [-0.25, -0.2) is 4.79 Å². The lowest BCUT2D eigenvalue weighted by molar-refractivity contribution is -0.172. The van der Waals surface area contributed by atoms with Crippen LogP contribution in [0.2, 0.25) is 0 Å². The summed E-state index contributed by atoms with van der Waals surface area (Å²) < 4.78 is 6.12. The third kappa shape index (κ3) is 1.39. The maximum Gasteiger partial charge on any atom is 0.334 e. The van der Waals surface area contributed by atoms with Crippen LogP contribution in [-0.2, 0) is 9.53 Å². The lowest BCUT2D eigenvalue weighted by atomic mass is 9.62. The number of fused-ring (bicyclic) bond motifs is 12. The van der Waals surface area contributed by atoms with Crippen molar-refractivity contribution in [1.29, 1.82) is 0 Å². The van der Waals surface area contributed by atoms with Crippen LogP contribution in [0.25, 0.3) is 0 Å². The van der Waals surface area contributed by atoms with E-state index in [1.807, 2.05) is 0 Å². The number of aliphatic hydroxyl groups is 1. The second kappa shape index (κ2) is 4.05. The number of esters is 1. The summed E-state index contributed by atoms with van der Waals surface area (Å²) in [5.41, 5.74) is -0.174. The minimum atomic E-state index is -0.327. The van der Waals surface area contributed by atoms with Gasteiger partial charge in [-0.2, -0.15) is 0 Å². The highest BCUT2D eigenvalue weighted by atomic mass is 16.6. The highest BCUT2D eigenvalue weighted by Crippen LogP contribution is 2.75. The summed E-state index contributed by atoms with van der Waals surface area (Å²) in [5.74, 6) is 5.12. The predicted molar refractivity (Wildman–Crippen MR) is 77.3 cm³/mol. The van der Waals surface area contributed by atoms with Gasteiger partial charge in [0, 0.05) is 11.8 Å². The van der Waals surface area contributed by atoms with Crippen LogP contribution in [0.4, 0.5) is 0 Å². The Bertz CT molecular complexity index is 513. The van der Waals surface area contributed by atoms with Gasteiger partial charge in [-0.3, -0.25) is 0 Å². The standard InChI is InChI=1S/C18H24O3/c19-7-6-15(20)21-18-9-13(12-2-1-3-14(12)18)16-10-4-5-11(8-10)17(16)18/h6-7,10-14,16-17,19H,1-5,8-9H2. The van der Waals surface area contributed by atoms with E-state index < -0.39 is 0 Å². The molecule has 8 atom stereocenters. The minimum Gasteiger partial charge on any atom is -0.515 e. The van der Waals surface area contributed by atoms with Crippen molar-refractivity contribution in [2.45, 2.75) is 50.5 Å². The molecular formula is C18H24O3. The van der Waals surface area contributed by atoms with Crippen LogP contribution in [0.1, 0.15) is 44.9 Å². The van der Waals surface area contributed by atoms with Gasteiger partial charge in [0.2, 0.25) is 0 Å². The third-order valence-electron chi connectivity index (χ3n) is 7.84. The summed E-state index contributed by atoms with van der Waals surface area (Å²) in [6, 6.07) is 0. The topological polar surface area (TPSA) is 46.5 Å². The first-order valence-corrected chi connectivity index (χ1v) is 8.78. The molecule has 5 rings (SSSR count). The molecule has 4 bridgehead atoms. The lowest BCUT2D eigenvalue weighted by Crippen LogP contribution is -2.50. The molecule has 0 aromatic carbocycles. The molecule has 0 spiro atoms. The third-order valence-corrected chi connectivity index (χ3v) is 7.84. The molecule has 1 N–H and O–H groups in total. The minimum absolute atomic E-state index is 0.174. The summed E-state index contributed by atoms with van der Waals surface area (Å²) in [6.45, 7) is 0. The van der Waals surface area contributed by atoms with Crippen LogP contribution in [0, 0.1) is 41.4 Å². The van der Waals surface area contributed by atoms with Crippen molar-refractivity contribution < 1.29 is 14.6 Å². The number of aliphatic hydroxyl groups excluding tert-OH is 1. The van der Waals surface area contributed by atoms with Crippen molar-refractivity contribution in [3.8, 4) is 0 Å². The molecule has 114 valence electrons. The molecule has 21 heavy (non-hydrogen) atoms. The Morgan fingerprint density at radius 3 is 2.86 bits per heavy atom. The summed E-state index contributed by atoms with van der Waals surface area (Å²) >= 11 is 0. The Hall–Kier alpha value is -0.990. The number of hydrogen-bond acceptors (Lipinski definition) is 3. The van der Waals surface area contributed by atoms with Crippen LogP contribution in [-0.4, -0.2) is 16.7 Å². The lowest BCUT2D eigenvalue weighted by Gasteiger charge is -2.47. The maximum atomic E-state index is 12.1. The van der Waals surface area contributed by atoms with Crippen molar-refractivity contribution in [2.75, 3.05) is 0 Å². The van der Waals surface area contributed by atoms with Gasteiger partial charge in [-0.15, -0.1) is 0 Å². The first-order chi connectivity index (χ1) is 10.2. The Labute approximate surface area is 125 Å². The van der Waals surface area contributed by atoms with Gasteiger partial charge in [0.15, 0.2) is 0 Å². The Morgan fingerprint density at radius 1 is 1.14 bits per heavy atom. The van der Waals surface area contributed by atoms with Crippen molar-refractivity contribution in [2.24, 2.45) is 41.4 Å². The zero-order chi connectivity index (χ0) is 14.2. The number of carbonyl (C=O) groups is 1. The number of hydrogen-bond donors (Lipinski definition) is 1. The van der Waals surface area contributed by atoms with Gasteiger partial charge in [-0.05, 0) is 68.1 Å². The average Bonchev–Trinajstić information content (AvgIpc) is 3.22. The van der Waals surface area contributed by atoms with Crippen molar-refractivity contribution in [1.82, 2.24) is 0 Å². The van der Waals surface area contributed by atoms with Gasteiger partial charge in [0.1, 0.15) is 5.60 Å². The molecule has 5 aliphatic carbocycles. The Balaban J connectivity index is 1.55. The summed E-state index contributed by atoms with van der Waals surface area (Å²) in [6.07, 6.45) is 11.2. The first kappa shape index (κ1) is 12.5. The van der Waals surface area contributed by atoms with E-state index in [2.05, 4.69) is 0 Å². The van der Waals surface area contributed by atoms with Crippen LogP contribution in [0.3, 0.4) is 0 Å². The second-order valence-electron chi connectivity index (χ2n) is 8.20. The molecule has 0 aliphatic heterocycles. The Morgan fingerprint density at radius 2 is 2.00 bits per heavy atom. The van der Waals surface area contributed by atoms with Crippen LogP contribution in [0.15, 0.2) is 12.3 Å². The molecule has 5 saturated carbocycles. The molecule has 8 unspecified atom stereocenters. The van der Waals surface area contributed by atoms with E-state index in [0.29, 0.717) is 11.8 Å². The van der Waals surface area contributed by atoms with Crippen LogP contribution < -0.4 is 0 Å². The highest BCUT2D eigenvalue weighted by molar-refractivity contribution is 5.82. The van der Waals surface area contributed by atoms with E-state index >= 15 is 0 Å². The Kier molecular flexibility index (Phi) is 2.42. The van der Waals surface area contributed by atoms with Gasteiger partial charge in [-0.1, -0.05) is 6.42 Å². The van der Waals surface area contributed by atoms with E-state index in [9.17, 15) is 4.79 Å². The smallest absolute Gasteiger partial charge is 0.334 e. The zero-order valence-corrected chi connectivity index (χ0v) is 12.4. The molecule has 5 fully saturated rings. The molecule has 0 saturated heterocycles. The number of carbonyl (C=O) groups excluding carboxylic acids is 1. The fourth-order valence-corrected chi connectivity index (χ4v) is 7.73. The summed E-state index contributed by atoms with van der Waals surface area (Å²) in [4.78, 5) is 12.1. The SMILES string of the molecule is O=C(C=CO)OC12CC(C3CCCC31)C1C3CCC(C3)C12. The fraction of sp³-hybridized carbons (Fsp3) is 0.833. The van der Waals surface area contributed by atoms with E-state index in [4.69, 9.17) is 9.84 Å². The van der Waals surface area contributed by atoms with Crippen LogP contribution in [0.5, 0.6) is 0 Å². The molecule has 3 nitrogen and oxygen atoms in total. The molecule has 0 heterocycles. The maximum absolute atomic E-state index is 12.1. The van der Waals surface area contributed by atoms with Crippen molar-refractivity contribution in [3.63, 3.8) is 0 Å². The van der Waals surface area contributed by atoms with Gasteiger partial charge < -0.3 is 9.84 Å². The quantitative estimate of drug-likeness (QED) is 0.366. The van der Waals surface area contributed by atoms with Gasteiger partial charge in [0.05, 0.1) is 12.3 Å². The van der Waals surface area contributed by atoms with Crippen LogP contribution >= 0.6 is 0 Å². The molecule has 0 amide bonds. The number of ether oxygens (including phenoxy) is 1. The molecule has 0 aromatic rings. The monoisotopic (exact) mass is 288 g/mol. The molecule has 0 aromatic heterocycles. The van der Waals surface area contributed by atoms with Crippen molar-refractivity contribution >= 4 is 5.97 Å². The fourth-order valence-electron chi connectivity index (χ4n) is 7.73. The molecular weight excluding hydrogens is 264 g/mol. The second-order valence-corrected chi connectivity index (χ2v) is 8.20. The van der Waals surface area contributed by atoms with Crippen molar-refractivity contribution in [3.05, 3.63) is 12.3 Å². The first-order valence-electron chi connectivity index (χ1n) is 8.78. The highest BCUT2D eigenvalue weighted by Gasteiger charge is 2.74. The van der Waals surface area contributed by atoms with E-state index in [1.54, 1.807) is 0 Å². The molecule has 0 radical (unpaired) electrons. The zero-order valence-electron chi connectivity index (χ0n) is 12.4. The average molecular weight is 288 g/mol. The molecule has 5 aliphatic rings. The summed E-state index contributed by atoms with van der Waals surface area (Å²) in [5, 5.41) is 8.88. The van der Waals surface area contributed by atoms with Gasteiger partial charge >= 0.3 is 5.97 Å². The largest absolute Gasteiger partial charge is 0.515 e. The molecule has 3 heteroatoms. The van der Waals surface area contributed by atoms with E-state index in [-0.39, 0.29) is 11.6 Å². The van der Waals surface area contributed by atoms with Gasteiger partial charge in [0.25, 0.3) is 0 Å². The number of rotatable bonds is 2. The predicted octanol–water partition coefficient (Wildman–Crippen LogP) is 3.45. The van der Waals surface area contributed by atoms with E-state index in [0.717, 1.165) is 42.3 Å². The normalized spacial score (nSPS) is 56.1. The van der Waals surface area contributed by atoms with E-state index in [1.165, 1.54) is 44.6 Å². The summed E-state index contributed by atoms with van der Waals surface area (Å²) in [7, 11) is 0.